The molecule has 0 saturated carbocycles. The van der Waals surface area contributed by atoms with E-state index in [1.54, 1.807) is 0 Å². The molecule has 0 aromatic carbocycles. The largest absolute Gasteiger partial charge is 0.366 e. The molecule has 0 amide bonds. The number of nitrogens with zero attached hydrogens (tertiary/aromatic N) is 3. The van der Waals surface area contributed by atoms with E-state index in [1.165, 1.54) is 9.22 Å². The third-order valence-electron chi connectivity index (χ3n) is 0.483. The Kier molecular flexibility index (Phi) is 1.13. The Morgan fingerprint density at radius 2 is 2.57 bits per heavy atom. The smallest absolute Gasteiger partial charge is 0.240 e. The summed E-state index contributed by atoms with van der Waals surface area (Å²) < 4.78 is 1.52. The maximum Gasteiger partial charge on any atom is 0.240 e. The number of aromatic nitrogens is 3. The van der Waals surface area contributed by atoms with Crippen LogP contribution in [0.25, 0.3) is 0 Å². The summed E-state index contributed by atoms with van der Waals surface area (Å²) in [6.45, 7) is 0. The van der Waals surface area contributed by atoms with Crippen molar-refractivity contribution in [1.82, 2.24) is 13.0 Å². The van der Waals surface area contributed by atoms with Gasteiger partial charge in [0.15, 0.2) is 0 Å². The van der Waals surface area contributed by atoms with E-state index in [9.17, 15) is 0 Å². The molecule has 0 spiro atoms. The van der Waals surface area contributed by atoms with Gasteiger partial charge in [-0.25, -0.2) is 0 Å². The number of halogens is 1. The Morgan fingerprint density at radius 3 is 2.71 bits per heavy atom. The van der Waals surface area contributed by atoms with Crippen LogP contribution < -0.4 is 5.73 Å². The molecule has 7 heavy (non-hydrogen) atoms. The molecule has 38 valence electrons. The number of hydrogen-bond donors (Lipinski definition) is 1. The highest BCUT2D eigenvalue weighted by atomic mass is 127. The minimum atomic E-state index is 0.314. The summed E-state index contributed by atoms with van der Waals surface area (Å²) in [5.41, 5.74) is 5.13. The molecule has 1 heterocycles. The van der Waals surface area contributed by atoms with Crippen molar-refractivity contribution in [2.45, 2.75) is 0 Å². The number of anilines is 1. The van der Waals surface area contributed by atoms with E-state index >= 15 is 0 Å². The number of hydrogen-bond acceptors (Lipinski definition) is 3. The molecular weight excluding hydrogens is 207 g/mol. The number of nitrogens with two attached hydrogens (primary N) is 1. The molecular formula is C2H3IN4. The molecule has 0 aliphatic heterocycles. The first kappa shape index (κ1) is 4.82. The van der Waals surface area contributed by atoms with E-state index in [0.29, 0.717) is 5.95 Å². The van der Waals surface area contributed by atoms with Gasteiger partial charge in [0.05, 0.1) is 22.9 Å². The Hall–Kier alpha value is -0.330. The normalized spacial score (nSPS) is 9.29. The SMILES string of the molecule is Nc1ncn(I)n1. The molecule has 0 atom stereocenters. The van der Waals surface area contributed by atoms with Crippen LogP contribution in [-0.2, 0) is 0 Å². The van der Waals surface area contributed by atoms with Gasteiger partial charge in [0.25, 0.3) is 0 Å². The van der Waals surface area contributed by atoms with E-state index < -0.39 is 0 Å². The molecule has 5 heteroatoms. The Balaban J connectivity index is 3.04. The minimum Gasteiger partial charge on any atom is -0.366 e. The van der Waals surface area contributed by atoms with Gasteiger partial charge in [-0.3, -0.25) is 0 Å². The lowest BCUT2D eigenvalue weighted by atomic mass is 11.1. The van der Waals surface area contributed by atoms with Crippen molar-refractivity contribution in [2.75, 3.05) is 5.73 Å². The lowest BCUT2D eigenvalue weighted by Gasteiger charge is -1.73. The Bertz CT molecular complexity index is 142. The second kappa shape index (κ2) is 1.65. The fourth-order valence-electron chi connectivity index (χ4n) is 0.256. The van der Waals surface area contributed by atoms with Gasteiger partial charge in [-0.15, -0.1) is 5.10 Å². The monoisotopic (exact) mass is 210 g/mol. The van der Waals surface area contributed by atoms with Crippen LogP contribution in [0.5, 0.6) is 0 Å². The van der Waals surface area contributed by atoms with Gasteiger partial charge < -0.3 is 5.73 Å². The summed E-state index contributed by atoms with van der Waals surface area (Å²) in [6.07, 6.45) is 1.54. The van der Waals surface area contributed by atoms with Crippen molar-refractivity contribution >= 4 is 28.8 Å². The van der Waals surface area contributed by atoms with E-state index in [1.807, 2.05) is 22.9 Å². The fraction of sp³-hybridized carbons (Fsp3) is 0. The average molecular weight is 210 g/mol. The lowest BCUT2D eigenvalue weighted by molar-refractivity contribution is 1.06. The highest BCUT2D eigenvalue weighted by Gasteiger charge is 1.85. The number of nitrogen functional groups attached to an aromatic ring is 1. The molecule has 4 nitrogen and oxygen atoms in total. The van der Waals surface area contributed by atoms with Gasteiger partial charge in [0.2, 0.25) is 5.95 Å². The van der Waals surface area contributed by atoms with Crippen molar-refractivity contribution in [3.8, 4) is 0 Å². The standard InChI is InChI=1S/C2H3IN4/c3-7-1-5-2(4)6-7/h1H,(H2,4,6). The van der Waals surface area contributed by atoms with Crippen molar-refractivity contribution in [3.63, 3.8) is 0 Å². The van der Waals surface area contributed by atoms with Crippen molar-refractivity contribution in [3.05, 3.63) is 6.33 Å². The number of rotatable bonds is 0. The molecule has 0 aliphatic rings. The van der Waals surface area contributed by atoms with Gasteiger partial charge in [0.1, 0.15) is 6.33 Å². The van der Waals surface area contributed by atoms with Gasteiger partial charge >= 0.3 is 0 Å². The van der Waals surface area contributed by atoms with Crippen LogP contribution in [0.3, 0.4) is 0 Å². The third-order valence-corrected chi connectivity index (χ3v) is 0.948. The van der Waals surface area contributed by atoms with E-state index in [-0.39, 0.29) is 0 Å². The molecule has 1 aromatic rings. The van der Waals surface area contributed by atoms with Crippen LogP contribution in [-0.4, -0.2) is 13.0 Å². The van der Waals surface area contributed by atoms with Gasteiger partial charge in [-0.1, -0.05) is 0 Å². The molecule has 0 fully saturated rings. The average Bonchev–Trinajstić information content (AvgIpc) is 1.87. The highest BCUT2D eigenvalue weighted by Crippen LogP contribution is 1.91. The summed E-state index contributed by atoms with van der Waals surface area (Å²) in [4.78, 5) is 3.64. The summed E-state index contributed by atoms with van der Waals surface area (Å²) in [6, 6.07) is 0. The highest BCUT2D eigenvalue weighted by molar-refractivity contribution is 14.1. The molecule has 0 unspecified atom stereocenters. The van der Waals surface area contributed by atoms with E-state index in [0.717, 1.165) is 0 Å². The zero-order valence-corrected chi connectivity index (χ0v) is 5.53. The van der Waals surface area contributed by atoms with Gasteiger partial charge in [-0.2, -0.15) is 7.88 Å². The van der Waals surface area contributed by atoms with Crippen LogP contribution >= 0.6 is 22.9 Å². The van der Waals surface area contributed by atoms with Crippen molar-refractivity contribution in [2.24, 2.45) is 0 Å². The Morgan fingerprint density at radius 1 is 1.86 bits per heavy atom. The molecule has 1 rings (SSSR count). The molecule has 1 aromatic heterocycles. The van der Waals surface area contributed by atoms with Crippen molar-refractivity contribution < 1.29 is 0 Å². The summed E-state index contributed by atoms with van der Waals surface area (Å²) in [5.74, 6) is 0.314. The maximum atomic E-state index is 5.13. The van der Waals surface area contributed by atoms with E-state index in [4.69, 9.17) is 5.73 Å². The molecule has 0 bridgehead atoms. The summed E-state index contributed by atoms with van der Waals surface area (Å²) >= 11 is 1.96. The molecule has 2 N–H and O–H groups in total. The first-order chi connectivity index (χ1) is 3.29. The summed E-state index contributed by atoms with van der Waals surface area (Å²) in [7, 11) is 0. The lowest BCUT2D eigenvalue weighted by Crippen LogP contribution is -1.86. The topological polar surface area (TPSA) is 56.7 Å². The first-order valence-electron chi connectivity index (χ1n) is 1.62. The van der Waals surface area contributed by atoms with Crippen LogP contribution in [0, 0.1) is 0 Å². The first-order valence-corrected chi connectivity index (χ1v) is 2.59. The minimum absolute atomic E-state index is 0.314. The quantitative estimate of drug-likeness (QED) is 0.616. The van der Waals surface area contributed by atoms with Gasteiger partial charge in [0, 0.05) is 0 Å². The van der Waals surface area contributed by atoms with Crippen LogP contribution in [0.15, 0.2) is 6.33 Å². The van der Waals surface area contributed by atoms with E-state index in [2.05, 4.69) is 10.1 Å². The molecule has 0 saturated heterocycles. The second-order valence-electron chi connectivity index (χ2n) is 0.991. The van der Waals surface area contributed by atoms with Gasteiger partial charge in [-0.05, 0) is 0 Å². The molecule has 0 aliphatic carbocycles. The Labute approximate surface area is 54.2 Å². The van der Waals surface area contributed by atoms with Crippen LogP contribution in [0.2, 0.25) is 0 Å². The predicted octanol–water partition coefficient (Wildman–Crippen LogP) is 0.0584. The maximum absolute atomic E-state index is 5.13. The van der Waals surface area contributed by atoms with Crippen LogP contribution in [0.1, 0.15) is 0 Å². The molecule has 0 radical (unpaired) electrons. The zero-order chi connectivity index (χ0) is 5.28. The fourth-order valence-corrected chi connectivity index (χ4v) is 0.602. The second-order valence-corrected chi connectivity index (χ2v) is 1.98. The third kappa shape index (κ3) is 1.02. The van der Waals surface area contributed by atoms with Crippen LogP contribution in [0.4, 0.5) is 5.95 Å². The predicted molar refractivity (Wildman–Crippen MR) is 33.9 cm³/mol. The summed E-state index contributed by atoms with van der Waals surface area (Å²) in [5, 5.41) is 3.68. The zero-order valence-electron chi connectivity index (χ0n) is 3.37. The van der Waals surface area contributed by atoms with Crippen molar-refractivity contribution in [1.29, 1.82) is 0 Å².